The lowest BCUT2D eigenvalue weighted by Crippen LogP contribution is -2.24. The molecule has 0 aliphatic rings. The summed E-state index contributed by atoms with van der Waals surface area (Å²) in [4.78, 5) is 33.5. The Morgan fingerprint density at radius 3 is 2.63 bits per heavy atom. The molecule has 0 radical (unpaired) electrons. The average molecular weight is 501 g/mol. The number of amides is 1. The van der Waals surface area contributed by atoms with Gasteiger partial charge in [-0.15, -0.1) is 0 Å². The Hall–Kier alpha value is -3.53. The fraction of sp³-hybridized carbons (Fsp3) is 0.240. The molecule has 0 fully saturated rings. The van der Waals surface area contributed by atoms with Gasteiger partial charge in [-0.2, -0.15) is 13.2 Å². The highest BCUT2D eigenvalue weighted by Crippen LogP contribution is 2.31. The highest BCUT2D eigenvalue weighted by Gasteiger charge is 2.30. The zero-order valence-corrected chi connectivity index (χ0v) is 19.7. The standard InChI is InChI=1S/C25H23F3N4O2S/c1-2-3-12-32-23(34)22-21(19(14-29-22)16-8-5-4-6-9-16)31-24(32)35-15-20(33)30-18-11-7-10-17(13-18)25(26,27)28/h4-11,13-14,29H,2-3,12,15H2,1H3,(H,30,33). The molecule has 4 rings (SSSR count). The van der Waals surface area contributed by atoms with Crippen LogP contribution in [0.1, 0.15) is 25.3 Å². The molecular formula is C25H23F3N4O2S. The number of alkyl halides is 3. The molecule has 35 heavy (non-hydrogen) atoms. The molecule has 0 unspecified atom stereocenters. The summed E-state index contributed by atoms with van der Waals surface area (Å²) in [5.41, 5.74) is 1.54. The summed E-state index contributed by atoms with van der Waals surface area (Å²) in [5, 5.41) is 2.87. The van der Waals surface area contributed by atoms with Crippen molar-refractivity contribution >= 4 is 34.4 Å². The molecule has 2 aromatic heterocycles. The van der Waals surface area contributed by atoms with E-state index in [9.17, 15) is 22.8 Å². The molecule has 182 valence electrons. The monoisotopic (exact) mass is 500 g/mol. The number of hydrogen-bond acceptors (Lipinski definition) is 4. The minimum absolute atomic E-state index is 0.0502. The van der Waals surface area contributed by atoms with Crippen LogP contribution in [-0.2, 0) is 17.5 Å². The third kappa shape index (κ3) is 5.59. The molecule has 0 bridgehead atoms. The van der Waals surface area contributed by atoms with Gasteiger partial charge in [-0.1, -0.05) is 61.5 Å². The summed E-state index contributed by atoms with van der Waals surface area (Å²) in [6.07, 6.45) is -1.14. The molecule has 10 heteroatoms. The Kier molecular flexibility index (Phi) is 7.30. The van der Waals surface area contributed by atoms with E-state index in [0.717, 1.165) is 47.9 Å². The Bertz CT molecular complexity index is 1400. The number of rotatable bonds is 8. The van der Waals surface area contributed by atoms with Crippen molar-refractivity contribution in [2.75, 3.05) is 11.1 Å². The first-order valence-corrected chi connectivity index (χ1v) is 12.0. The van der Waals surface area contributed by atoms with E-state index in [1.54, 1.807) is 10.8 Å². The minimum Gasteiger partial charge on any atom is -0.355 e. The fourth-order valence-electron chi connectivity index (χ4n) is 3.63. The van der Waals surface area contributed by atoms with E-state index < -0.39 is 17.6 Å². The number of carbonyl (C=O) groups is 1. The van der Waals surface area contributed by atoms with Gasteiger partial charge in [-0.05, 0) is 30.2 Å². The molecule has 0 aliphatic carbocycles. The largest absolute Gasteiger partial charge is 0.416 e. The molecule has 4 aromatic rings. The Morgan fingerprint density at radius 2 is 1.91 bits per heavy atom. The van der Waals surface area contributed by atoms with Crippen molar-refractivity contribution in [1.29, 1.82) is 0 Å². The number of thioether (sulfide) groups is 1. The lowest BCUT2D eigenvalue weighted by atomic mass is 10.1. The number of carbonyl (C=O) groups excluding carboxylic acids is 1. The zero-order chi connectivity index (χ0) is 25.0. The van der Waals surface area contributed by atoms with E-state index in [2.05, 4.69) is 10.3 Å². The highest BCUT2D eigenvalue weighted by molar-refractivity contribution is 7.99. The van der Waals surface area contributed by atoms with Gasteiger partial charge in [-0.3, -0.25) is 14.2 Å². The first-order chi connectivity index (χ1) is 16.8. The number of aromatic amines is 1. The molecule has 6 nitrogen and oxygen atoms in total. The smallest absolute Gasteiger partial charge is 0.355 e. The topological polar surface area (TPSA) is 79.8 Å². The number of hydrogen-bond donors (Lipinski definition) is 2. The third-order valence-corrected chi connectivity index (χ3v) is 6.35. The number of halogens is 3. The molecule has 1 amide bonds. The second kappa shape index (κ2) is 10.4. The molecule has 2 aromatic carbocycles. The van der Waals surface area contributed by atoms with E-state index in [-0.39, 0.29) is 17.0 Å². The van der Waals surface area contributed by atoms with Crippen molar-refractivity contribution in [2.24, 2.45) is 0 Å². The van der Waals surface area contributed by atoms with Crippen molar-refractivity contribution in [1.82, 2.24) is 14.5 Å². The number of benzene rings is 2. The predicted octanol–water partition coefficient (Wildman–Crippen LogP) is 5.94. The van der Waals surface area contributed by atoms with Gasteiger partial charge in [0.2, 0.25) is 5.91 Å². The molecular weight excluding hydrogens is 477 g/mol. The summed E-state index contributed by atoms with van der Waals surface area (Å²) in [6, 6.07) is 14.0. The van der Waals surface area contributed by atoms with Crippen LogP contribution in [0.15, 0.2) is 70.7 Å². The summed E-state index contributed by atoms with van der Waals surface area (Å²) in [6.45, 7) is 2.45. The van der Waals surface area contributed by atoms with E-state index >= 15 is 0 Å². The van der Waals surface area contributed by atoms with Gasteiger partial charge in [0, 0.05) is 24.0 Å². The number of anilines is 1. The Balaban J connectivity index is 1.61. The summed E-state index contributed by atoms with van der Waals surface area (Å²) < 4.78 is 40.4. The first kappa shape index (κ1) is 24.6. The number of fused-ring (bicyclic) bond motifs is 1. The van der Waals surface area contributed by atoms with Gasteiger partial charge in [0.15, 0.2) is 5.16 Å². The summed E-state index contributed by atoms with van der Waals surface area (Å²) >= 11 is 1.07. The lowest BCUT2D eigenvalue weighted by molar-refractivity contribution is -0.137. The van der Waals surface area contributed by atoms with E-state index in [1.165, 1.54) is 12.1 Å². The van der Waals surface area contributed by atoms with Gasteiger partial charge in [0.05, 0.1) is 11.3 Å². The van der Waals surface area contributed by atoms with E-state index in [4.69, 9.17) is 4.98 Å². The maximum atomic E-state index is 13.2. The summed E-state index contributed by atoms with van der Waals surface area (Å²) in [5.74, 6) is -0.617. The zero-order valence-electron chi connectivity index (χ0n) is 18.9. The van der Waals surface area contributed by atoms with Crippen LogP contribution in [0.25, 0.3) is 22.2 Å². The Morgan fingerprint density at radius 1 is 1.14 bits per heavy atom. The number of nitrogens with one attached hydrogen (secondary N) is 2. The van der Waals surface area contributed by atoms with Crippen molar-refractivity contribution < 1.29 is 18.0 Å². The molecule has 2 heterocycles. The van der Waals surface area contributed by atoms with Crippen LogP contribution < -0.4 is 10.9 Å². The number of nitrogens with zero attached hydrogens (tertiary/aromatic N) is 2. The number of H-pyrrole nitrogens is 1. The molecule has 2 N–H and O–H groups in total. The van der Waals surface area contributed by atoms with Crippen molar-refractivity contribution in [2.45, 2.75) is 37.6 Å². The lowest BCUT2D eigenvalue weighted by Gasteiger charge is -2.13. The fourth-order valence-corrected chi connectivity index (χ4v) is 4.45. The van der Waals surface area contributed by atoms with Crippen LogP contribution >= 0.6 is 11.8 Å². The average Bonchev–Trinajstić information content (AvgIpc) is 3.27. The van der Waals surface area contributed by atoms with E-state index in [1.807, 2.05) is 37.3 Å². The van der Waals surface area contributed by atoms with Gasteiger partial charge in [-0.25, -0.2) is 4.98 Å². The van der Waals surface area contributed by atoms with Gasteiger partial charge >= 0.3 is 6.18 Å². The van der Waals surface area contributed by atoms with Crippen LogP contribution in [0.5, 0.6) is 0 Å². The molecule has 0 saturated heterocycles. The number of aromatic nitrogens is 3. The van der Waals surface area contributed by atoms with Gasteiger partial charge in [0.25, 0.3) is 5.56 Å². The maximum Gasteiger partial charge on any atom is 0.416 e. The SMILES string of the molecule is CCCCn1c(SCC(=O)Nc2cccc(C(F)(F)F)c2)nc2c(-c3ccccc3)c[nH]c2c1=O. The van der Waals surface area contributed by atoms with Crippen molar-refractivity contribution in [3.8, 4) is 11.1 Å². The highest BCUT2D eigenvalue weighted by atomic mass is 32.2. The summed E-state index contributed by atoms with van der Waals surface area (Å²) in [7, 11) is 0. The number of unbranched alkanes of at least 4 members (excludes halogenated alkanes) is 1. The maximum absolute atomic E-state index is 13.2. The minimum atomic E-state index is -4.50. The van der Waals surface area contributed by atoms with Crippen molar-refractivity contribution in [3.63, 3.8) is 0 Å². The molecule has 0 aliphatic heterocycles. The van der Waals surface area contributed by atoms with Crippen molar-refractivity contribution in [3.05, 3.63) is 76.7 Å². The van der Waals surface area contributed by atoms with Crippen LogP contribution in [0, 0.1) is 0 Å². The van der Waals surface area contributed by atoms with Crippen LogP contribution in [0.3, 0.4) is 0 Å². The van der Waals surface area contributed by atoms with Gasteiger partial charge < -0.3 is 10.3 Å². The molecule has 0 saturated carbocycles. The Labute approximate surface area is 203 Å². The van der Waals surface area contributed by atoms with Crippen LogP contribution in [0.4, 0.5) is 18.9 Å². The molecule has 0 atom stereocenters. The normalized spacial score (nSPS) is 11.7. The second-order valence-electron chi connectivity index (χ2n) is 7.91. The van der Waals surface area contributed by atoms with Crippen LogP contribution in [-0.4, -0.2) is 26.2 Å². The predicted molar refractivity (Wildman–Crippen MR) is 131 cm³/mol. The quantitative estimate of drug-likeness (QED) is 0.232. The van der Waals surface area contributed by atoms with Gasteiger partial charge in [0.1, 0.15) is 11.0 Å². The third-order valence-electron chi connectivity index (χ3n) is 5.38. The molecule has 0 spiro atoms. The van der Waals surface area contributed by atoms with Crippen LogP contribution in [0.2, 0.25) is 0 Å². The first-order valence-electron chi connectivity index (χ1n) is 11.0. The second-order valence-corrected chi connectivity index (χ2v) is 8.85. The van der Waals surface area contributed by atoms with E-state index in [0.29, 0.717) is 22.7 Å².